The van der Waals surface area contributed by atoms with Crippen LogP contribution in [0, 0.1) is 0 Å². The van der Waals surface area contributed by atoms with Crippen molar-refractivity contribution < 1.29 is 4.48 Å². The summed E-state index contributed by atoms with van der Waals surface area (Å²) in [6.07, 6.45) is 0.771. The van der Waals surface area contributed by atoms with Crippen molar-refractivity contribution in [3.05, 3.63) is 30.0 Å². The van der Waals surface area contributed by atoms with E-state index in [0.717, 1.165) is 40.8 Å². The van der Waals surface area contributed by atoms with E-state index in [0.29, 0.717) is 5.82 Å². The molecule has 1 aliphatic heterocycles. The smallest absolute Gasteiger partial charge is 0.222 e. The Morgan fingerprint density at radius 3 is 2.25 bits per heavy atom. The number of quaternary nitrogens is 1. The second kappa shape index (κ2) is 6.28. The number of hydrogen-bond donors (Lipinski definition) is 2. The number of nitrogens with two attached hydrogens (primary N) is 2. The number of nitrogen functional groups attached to an aromatic ring is 2. The summed E-state index contributed by atoms with van der Waals surface area (Å²) in [6.45, 7) is 6.55. The SMILES string of the molecule is CCc1nc(N)nc(N)c1-c1ccc(N2CC[N+](C)(C)CC2)cc1. The van der Waals surface area contributed by atoms with Crippen molar-refractivity contribution in [1.82, 2.24) is 9.97 Å². The second-order valence-electron chi connectivity index (χ2n) is 7.06. The van der Waals surface area contributed by atoms with Gasteiger partial charge in [-0.2, -0.15) is 4.98 Å². The minimum absolute atomic E-state index is 0.235. The molecule has 0 spiro atoms. The first-order valence-electron chi connectivity index (χ1n) is 8.49. The quantitative estimate of drug-likeness (QED) is 0.840. The molecule has 6 heteroatoms. The van der Waals surface area contributed by atoms with Gasteiger partial charge in [-0.1, -0.05) is 19.1 Å². The zero-order valence-electron chi connectivity index (χ0n) is 14.8. The summed E-state index contributed by atoms with van der Waals surface area (Å²) in [6, 6.07) is 8.54. The van der Waals surface area contributed by atoms with E-state index in [2.05, 4.69) is 53.2 Å². The van der Waals surface area contributed by atoms with E-state index in [1.807, 2.05) is 6.92 Å². The Kier molecular flexibility index (Phi) is 4.32. The van der Waals surface area contributed by atoms with Gasteiger partial charge in [0.2, 0.25) is 5.95 Å². The van der Waals surface area contributed by atoms with Gasteiger partial charge in [-0.3, -0.25) is 0 Å². The zero-order chi connectivity index (χ0) is 17.3. The summed E-state index contributed by atoms with van der Waals surface area (Å²) in [5.74, 6) is 0.683. The predicted molar refractivity (Wildman–Crippen MR) is 99.7 cm³/mol. The van der Waals surface area contributed by atoms with E-state index >= 15 is 0 Å². The van der Waals surface area contributed by atoms with Crippen LogP contribution in [0.15, 0.2) is 24.3 Å². The molecule has 1 aromatic heterocycles. The summed E-state index contributed by atoms with van der Waals surface area (Å²) in [7, 11) is 4.58. The van der Waals surface area contributed by atoms with Crippen LogP contribution >= 0.6 is 0 Å². The topological polar surface area (TPSA) is 81.1 Å². The molecule has 0 amide bonds. The van der Waals surface area contributed by atoms with Crippen LogP contribution in [0.25, 0.3) is 11.1 Å². The highest BCUT2D eigenvalue weighted by atomic mass is 15.4. The lowest BCUT2D eigenvalue weighted by Gasteiger charge is -2.40. The van der Waals surface area contributed by atoms with Crippen molar-refractivity contribution in [3.63, 3.8) is 0 Å². The molecule has 1 saturated heterocycles. The Labute approximate surface area is 143 Å². The number of aryl methyl sites for hydroxylation is 1. The van der Waals surface area contributed by atoms with Gasteiger partial charge >= 0.3 is 0 Å². The van der Waals surface area contributed by atoms with Crippen LogP contribution in [0.3, 0.4) is 0 Å². The van der Waals surface area contributed by atoms with Crippen LogP contribution in [0.4, 0.5) is 17.5 Å². The average Bonchev–Trinajstić information content (AvgIpc) is 2.54. The number of rotatable bonds is 3. The molecule has 3 rings (SSSR count). The van der Waals surface area contributed by atoms with Crippen molar-refractivity contribution in [2.24, 2.45) is 0 Å². The first-order chi connectivity index (χ1) is 11.4. The van der Waals surface area contributed by atoms with E-state index in [-0.39, 0.29) is 5.95 Å². The number of nitrogens with zero attached hydrogens (tertiary/aromatic N) is 4. The summed E-state index contributed by atoms with van der Waals surface area (Å²) in [4.78, 5) is 10.9. The third-order valence-electron chi connectivity index (χ3n) is 4.84. The third kappa shape index (κ3) is 3.28. The highest BCUT2D eigenvalue weighted by molar-refractivity contribution is 5.77. The molecular formula is C18H27N6+. The number of anilines is 3. The Morgan fingerprint density at radius 1 is 1.04 bits per heavy atom. The number of likely N-dealkylation sites (N-methyl/N-ethyl adjacent to an activating group) is 1. The lowest BCUT2D eigenvalue weighted by atomic mass is 10.0. The van der Waals surface area contributed by atoms with Gasteiger partial charge in [-0.25, -0.2) is 4.98 Å². The van der Waals surface area contributed by atoms with Gasteiger partial charge in [0, 0.05) is 11.3 Å². The normalized spacial score (nSPS) is 17.0. The molecule has 1 fully saturated rings. The van der Waals surface area contributed by atoms with Crippen molar-refractivity contribution in [2.75, 3.05) is 56.6 Å². The first-order valence-corrected chi connectivity index (χ1v) is 8.49. The zero-order valence-corrected chi connectivity index (χ0v) is 14.8. The van der Waals surface area contributed by atoms with Crippen LogP contribution in [-0.2, 0) is 6.42 Å². The molecule has 0 atom stereocenters. The van der Waals surface area contributed by atoms with Crippen LogP contribution in [-0.4, -0.2) is 54.7 Å². The van der Waals surface area contributed by atoms with Gasteiger partial charge in [0.25, 0.3) is 0 Å². The maximum absolute atomic E-state index is 6.10. The molecule has 0 aliphatic carbocycles. The van der Waals surface area contributed by atoms with E-state index in [1.54, 1.807) is 0 Å². The molecule has 128 valence electrons. The van der Waals surface area contributed by atoms with Crippen LogP contribution in [0.2, 0.25) is 0 Å². The molecule has 0 saturated carbocycles. The summed E-state index contributed by atoms with van der Waals surface area (Å²) in [5.41, 5.74) is 15.9. The number of aromatic nitrogens is 2. The summed E-state index contributed by atoms with van der Waals surface area (Å²) in [5, 5.41) is 0. The Morgan fingerprint density at radius 2 is 1.67 bits per heavy atom. The fourth-order valence-corrected chi connectivity index (χ4v) is 3.22. The highest BCUT2D eigenvalue weighted by Crippen LogP contribution is 2.30. The molecule has 2 heterocycles. The highest BCUT2D eigenvalue weighted by Gasteiger charge is 2.24. The van der Waals surface area contributed by atoms with Crippen molar-refractivity contribution in [1.29, 1.82) is 0 Å². The van der Waals surface area contributed by atoms with Gasteiger partial charge in [0.1, 0.15) is 5.82 Å². The van der Waals surface area contributed by atoms with E-state index in [1.165, 1.54) is 18.8 Å². The average molecular weight is 327 g/mol. The molecule has 0 unspecified atom stereocenters. The monoisotopic (exact) mass is 327 g/mol. The van der Waals surface area contributed by atoms with Crippen molar-refractivity contribution >= 4 is 17.5 Å². The molecule has 1 aromatic carbocycles. The van der Waals surface area contributed by atoms with E-state index in [4.69, 9.17) is 11.5 Å². The van der Waals surface area contributed by atoms with Gasteiger partial charge in [0.05, 0.1) is 46.0 Å². The largest absolute Gasteiger partial charge is 0.383 e. The minimum Gasteiger partial charge on any atom is -0.383 e. The Balaban J connectivity index is 1.86. The molecule has 24 heavy (non-hydrogen) atoms. The number of piperazine rings is 1. The maximum atomic E-state index is 6.10. The Bertz CT molecular complexity index is 713. The molecule has 0 bridgehead atoms. The summed E-state index contributed by atoms with van der Waals surface area (Å²) >= 11 is 0. The lowest BCUT2D eigenvalue weighted by Crippen LogP contribution is -2.54. The summed E-state index contributed by atoms with van der Waals surface area (Å²) < 4.78 is 1.09. The van der Waals surface area contributed by atoms with E-state index < -0.39 is 0 Å². The molecule has 1 aliphatic rings. The molecule has 6 nitrogen and oxygen atoms in total. The molecule has 0 radical (unpaired) electrons. The molecule has 2 aromatic rings. The van der Waals surface area contributed by atoms with Crippen LogP contribution in [0.5, 0.6) is 0 Å². The fraction of sp³-hybridized carbons (Fsp3) is 0.444. The Hall–Kier alpha value is -2.34. The number of benzene rings is 1. The first kappa shape index (κ1) is 16.5. The van der Waals surface area contributed by atoms with Crippen molar-refractivity contribution in [3.8, 4) is 11.1 Å². The second-order valence-corrected chi connectivity index (χ2v) is 7.06. The van der Waals surface area contributed by atoms with Gasteiger partial charge in [-0.15, -0.1) is 0 Å². The third-order valence-corrected chi connectivity index (χ3v) is 4.84. The molecule has 4 N–H and O–H groups in total. The lowest BCUT2D eigenvalue weighted by molar-refractivity contribution is -0.890. The van der Waals surface area contributed by atoms with Crippen LogP contribution in [0.1, 0.15) is 12.6 Å². The van der Waals surface area contributed by atoms with Gasteiger partial charge in [-0.05, 0) is 24.1 Å². The predicted octanol–water partition coefficient (Wildman–Crippen LogP) is 1.77. The standard InChI is InChI=1S/C18H27N6/c1-4-15-16(17(19)22-18(20)21-15)13-5-7-14(8-6-13)23-9-11-24(2,3)12-10-23/h5-8H,4,9-12H2,1-3H3,(H4,19,20,21,22)/q+1. The number of hydrogen-bond acceptors (Lipinski definition) is 5. The minimum atomic E-state index is 0.235. The van der Waals surface area contributed by atoms with Gasteiger partial charge < -0.3 is 20.9 Å². The van der Waals surface area contributed by atoms with Crippen molar-refractivity contribution in [2.45, 2.75) is 13.3 Å². The molecular weight excluding hydrogens is 300 g/mol. The maximum Gasteiger partial charge on any atom is 0.222 e. The fourth-order valence-electron chi connectivity index (χ4n) is 3.22. The van der Waals surface area contributed by atoms with E-state index in [9.17, 15) is 0 Å². The van der Waals surface area contributed by atoms with Crippen LogP contribution < -0.4 is 16.4 Å². The van der Waals surface area contributed by atoms with Gasteiger partial charge in [0.15, 0.2) is 0 Å².